The predicted molar refractivity (Wildman–Crippen MR) is 67.9 cm³/mol. The third kappa shape index (κ3) is 2.16. The van der Waals surface area contributed by atoms with Gasteiger partial charge in [0.1, 0.15) is 5.76 Å². The Balaban J connectivity index is 1.68. The van der Waals surface area contributed by atoms with Crippen LogP contribution in [0.25, 0.3) is 0 Å². The molecule has 18 heavy (non-hydrogen) atoms. The Kier molecular flexibility index (Phi) is 2.67. The minimum Gasteiger partial charge on any atom is -0.469 e. The highest BCUT2D eigenvalue weighted by atomic mass is 16.3. The van der Waals surface area contributed by atoms with Gasteiger partial charge in [0.2, 0.25) is 5.91 Å². The summed E-state index contributed by atoms with van der Waals surface area (Å²) in [5.41, 5.74) is 1.06. The lowest BCUT2D eigenvalue weighted by Crippen LogP contribution is -2.35. The molecule has 0 unspecified atom stereocenters. The fraction of sp³-hybridized carbons (Fsp3) is 0.267. The van der Waals surface area contributed by atoms with Gasteiger partial charge in [-0.15, -0.1) is 0 Å². The number of furan rings is 1. The third-order valence-corrected chi connectivity index (χ3v) is 3.37. The average Bonchev–Trinajstić information content (AvgIpc) is 2.98. The van der Waals surface area contributed by atoms with E-state index in [0.717, 1.165) is 12.8 Å². The van der Waals surface area contributed by atoms with Crippen LogP contribution in [0.15, 0.2) is 53.1 Å². The van der Waals surface area contributed by atoms with Crippen LogP contribution in [0.1, 0.15) is 24.2 Å². The van der Waals surface area contributed by atoms with Crippen LogP contribution in [0.4, 0.5) is 0 Å². The lowest BCUT2D eigenvalue weighted by Gasteiger charge is -2.17. The number of rotatable bonds is 4. The number of carbonyl (C=O) groups is 1. The van der Waals surface area contributed by atoms with Crippen molar-refractivity contribution in [2.45, 2.75) is 24.8 Å². The monoisotopic (exact) mass is 241 g/mol. The van der Waals surface area contributed by atoms with Gasteiger partial charge in [-0.25, -0.2) is 0 Å². The van der Waals surface area contributed by atoms with E-state index in [2.05, 4.69) is 17.4 Å². The molecule has 1 saturated carbocycles. The Morgan fingerprint density at radius 2 is 1.94 bits per heavy atom. The SMILES string of the molecule is O=C(Cc1ccco1)NC1(c2ccccc2)CC1. The van der Waals surface area contributed by atoms with E-state index in [9.17, 15) is 4.79 Å². The van der Waals surface area contributed by atoms with E-state index < -0.39 is 0 Å². The molecule has 1 heterocycles. The first-order valence-electron chi connectivity index (χ1n) is 6.17. The molecule has 1 N–H and O–H groups in total. The van der Waals surface area contributed by atoms with Crippen LogP contribution in [0.3, 0.4) is 0 Å². The van der Waals surface area contributed by atoms with Crippen molar-refractivity contribution in [2.24, 2.45) is 0 Å². The molecule has 1 fully saturated rings. The first-order valence-corrected chi connectivity index (χ1v) is 6.17. The second-order valence-electron chi connectivity index (χ2n) is 4.75. The Morgan fingerprint density at radius 1 is 1.17 bits per heavy atom. The normalized spacial score (nSPS) is 16.2. The number of carbonyl (C=O) groups excluding carboxylic acids is 1. The largest absolute Gasteiger partial charge is 0.469 e. The Morgan fingerprint density at radius 3 is 2.56 bits per heavy atom. The van der Waals surface area contributed by atoms with Crippen molar-refractivity contribution in [3.8, 4) is 0 Å². The van der Waals surface area contributed by atoms with Gasteiger partial charge >= 0.3 is 0 Å². The summed E-state index contributed by atoms with van der Waals surface area (Å²) in [5.74, 6) is 0.725. The topological polar surface area (TPSA) is 42.2 Å². The Labute approximate surface area is 106 Å². The quantitative estimate of drug-likeness (QED) is 0.894. The summed E-state index contributed by atoms with van der Waals surface area (Å²) in [5, 5.41) is 3.12. The van der Waals surface area contributed by atoms with Gasteiger partial charge in [0.15, 0.2) is 0 Å². The maximum Gasteiger partial charge on any atom is 0.228 e. The van der Waals surface area contributed by atoms with Crippen molar-refractivity contribution in [3.05, 3.63) is 60.1 Å². The highest BCUT2D eigenvalue weighted by molar-refractivity contribution is 5.79. The molecule has 0 radical (unpaired) electrons. The molecule has 0 spiro atoms. The van der Waals surface area contributed by atoms with Crippen LogP contribution < -0.4 is 5.32 Å². The van der Waals surface area contributed by atoms with E-state index in [1.165, 1.54) is 5.56 Å². The molecule has 0 aliphatic heterocycles. The van der Waals surface area contributed by atoms with E-state index in [1.54, 1.807) is 12.3 Å². The molecule has 1 amide bonds. The number of hydrogen-bond acceptors (Lipinski definition) is 2. The zero-order valence-corrected chi connectivity index (χ0v) is 10.1. The summed E-state index contributed by atoms with van der Waals surface area (Å²) >= 11 is 0. The van der Waals surface area contributed by atoms with E-state index in [1.807, 2.05) is 24.3 Å². The predicted octanol–water partition coefficient (Wildman–Crippen LogP) is 2.63. The minimum absolute atomic E-state index is 0.0197. The smallest absolute Gasteiger partial charge is 0.228 e. The van der Waals surface area contributed by atoms with E-state index in [0.29, 0.717) is 12.2 Å². The molecule has 2 aromatic rings. The molecule has 92 valence electrons. The number of benzene rings is 1. The van der Waals surface area contributed by atoms with Crippen molar-refractivity contribution < 1.29 is 9.21 Å². The Hall–Kier alpha value is -2.03. The molecule has 0 saturated heterocycles. The Bertz CT molecular complexity index is 527. The zero-order valence-electron chi connectivity index (χ0n) is 10.1. The summed E-state index contributed by atoms with van der Waals surface area (Å²) < 4.78 is 5.18. The first-order chi connectivity index (χ1) is 8.78. The van der Waals surface area contributed by atoms with Gasteiger partial charge in [-0.1, -0.05) is 30.3 Å². The van der Waals surface area contributed by atoms with Gasteiger partial charge in [-0.05, 0) is 30.5 Å². The molecule has 1 aliphatic rings. The summed E-state index contributed by atoms with van der Waals surface area (Å²) in [6, 6.07) is 13.8. The van der Waals surface area contributed by atoms with E-state index >= 15 is 0 Å². The molecule has 0 atom stereocenters. The zero-order chi connectivity index (χ0) is 12.4. The van der Waals surface area contributed by atoms with Gasteiger partial charge in [0.25, 0.3) is 0 Å². The van der Waals surface area contributed by atoms with Crippen LogP contribution in [0.2, 0.25) is 0 Å². The third-order valence-electron chi connectivity index (χ3n) is 3.37. The molecule has 3 rings (SSSR count). The van der Waals surface area contributed by atoms with Crippen LogP contribution in [-0.4, -0.2) is 5.91 Å². The van der Waals surface area contributed by atoms with Crippen molar-refractivity contribution in [3.63, 3.8) is 0 Å². The highest BCUT2D eigenvalue weighted by Crippen LogP contribution is 2.45. The summed E-state index contributed by atoms with van der Waals surface area (Å²) in [6.07, 6.45) is 3.93. The van der Waals surface area contributed by atoms with Crippen LogP contribution >= 0.6 is 0 Å². The summed E-state index contributed by atoms with van der Waals surface area (Å²) in [7, 11) is 0. The van der Waals surface area contributed by atoms with Crippen LogP contribution in [-0.2, 0) is 16.8 Å². The van der Waals surface area contributed by atoms with Gasteiger partial charge < -0.3 is 9.73 Å². The maximum absolute atomic E-state index is 12.0. The molecular weight excluding hydrogens is 226 g/mol. The van der Waals surface area contributed by atoms with Gasteiger partial charge in [-0.3, -0.25) is 4.79 Å². The molecule has 3 heteroatoms. The molecule has 3 nitrogen and oxygen atoms in total. The van der Waals surface area contributed by atoms with Crippen molar-refractivity contribution in [1.82, 2.24) is 5.32 Å². The highest BCUT2D eigenvalue weighted by Gasteiger charge is 2.45. The fourth-order valence-corrected chi connectivity index (χ4v) is 2.25. The summed E-state index contributed by atoms with van der Waals surface area (Å²) in [4.78, 5) is 12.0. The lowest BCUT2D eigenvalue weighted by atomic mass is 10.0. The van der Waals surface area contributed by atoms with Crippen molar-refractivity contribution >= 4 is 5.91 Å². The van der Waals surface area contributed by atoms with Crippen LogP contribution in [0.5, 0.6) is 0 Å². The summed E-state index contributed by atoms with van der Waals surface area (Å²) in [6.45, 7) is 0. The number of amides is 1. The van der Waals surface area contributed by atoms with E-state index in [-0.39, 0.29) is 11.4 Å². The number of nitrogens with one attached hydrogen (secondary N) is 1. The van der Waals surface area contributed by atoms with Gasteiger partial charge in [0, 0.05) is 0 Å². The van der Waals surface area contributed by atoms with Gasteiger partial charge in [-0.2, -0.15) is 0 Å². The van der Waals surface area contributed by atoms with Crippen LogP contribution in [0, 0.1) is 0 Å². The van der Waals surface area contributed by atoms with Crippen molar-refractivity contribution in [1.29, 1.82) is 0 Å². The van der Waals surface area contributed by atoms with Gasteiger partial charge in [0.05, 0.1) is 18.2 Å². The average molecular weight is 241 g/mol. The van der Waals surface area contributed by atoms with Crippen molar-refractivity contribution in [2.75, 3.05) is 0 Å². The maximum atomic E-state index is 12.0. The minimum atomic E-state index is -0.134. The molecule has 0 bridgehead atoms. The molecular formula is C15H15NO2. The lowest BCUT2D eigenvalue weighted by molar-refractivity contribution is -0.121. The molecule has 1 aromatic carbocycles. The molecule has 1 aromatic heterocycles. The second kappa shape index (κ2) is 4.33. The first kappa shape index (κ1) is 11.1. The standard InChI is InChI=1S/C15H15NO2/c17-14(11-13-7-4-10-18-13)16-15(8-9-15)12-5-2-1-3-6-12/h1-7,10H,8-9,11H2,(H,16,17). The number of hydrogen-bond donors (Lipinski definition) is 1. The molecule has 1 aliphatic carbocycles. The second-order valence-corrected chi connectivity index (χ2v) is 4.75. The fourth-order valence-electron chi connectivity index (χ4n) is 2.25. The van der Waals surface area contributed by atoms with E-state index in [4.69, 9.17) is 4.42 Å².